The Morgan fingerprint density at radius 1 is 0.900 bits per heavy atom. The molecule has 1 fully saturated rings. The van der Waals surface area contributed by atoms with Gasteiger partial charge in [0.05, 0.1) is 5.29 Å². The first-order valence-electron chi connectivity index (χ1n) is 8.64. The van der Waals surface area contributed by atoms with Gasteiger partial charge in [-0.25, -0.2) is 4.79 Å². The summed E-state index contributed by atoms with van der Waals surface area (Å²) in [5.41, 5.74) is 0. The summed E-state index contributed by atoms with van der Waals surface area (Å²) < 4.78 is 25.9. The first-order chi connectivity index (χ1) is 14.0. The molecule has 0 saturated carbocycles. The van der Waals surface area contributed by atoms with Crippen LogP contribution in [0.15, 0.2) is 5.29 Å². The molecule has 1 rings (SSSR count). The van der Waals surface area contributed by atoms with Crippen LogP contribution in [0.5, 0.6) is 0 Å². The molecule has 14 nitrogen and oxygen atoms in total. The van der Waals surface area contributed by atoms with Crippen molar-refractivity contribution in [1.29, 1.82) is 0 Å². The maximum Gasteiger partial charge on any atom is 0.340 e. The minimum Gasteiger partial charge on any atom is -0.463 e. The van der Waals surface area contributed by atoms with Gasteiger partial charge in [-0.05, 0) is 0 Å². The molecule has 0 aliphatic carbocycles. The molecule has 2 amide bonds. The molecule has 30 heavy (non-hydrogen) atoms. The number of nitroso groups, excluding NO2 is 1. The number of nitrogens with one attached hydrogen (secondary N) is 1. The van der Waals surface area contributed by atoms with E-state index >= 15 is 0 Å². The van der Waals surface area contributed by atoms with E-state index in [4.69, 9.17) is 23.7 Å². The Hall–Kier alpha value is -3.29. The van der Waals surface area contributed by atoms with Gasteiger partial charge in [-0.3, -0.25) is 19.2 Å². The number of rotatable bonds is 7. The Morgan fingerprint density at radius 3 is 1.90 bits per heavy atom. The van der Waals surface area contributed by atoms with Crippen LogP contribution >= 0.6 is 0 Å². The summed E-state index contributed by atoms with van der Waals surface area (Å²) in [6.45, 7) is 3.87. The number of carbonyl (C=O) groups is 5. The molecule has 0 aromatic carbocycles. The Morgan fingerprint density at radius 2 is 1.43 bits per heavy atom. The normalized spacial score (nSPS) is 25.3. The molecular weight excluding hydrogens is 410 g/mol. The summed E-state index contributed by atoms with van der Waals surface area (Å²) in [7, 11) is 1.04. The molecule has 1 N–H and O–H groups in total. The predicted octanol–water partition coefficient (Wildman–Crippen LogP) is -0.608. The lowest BCUT2D eigenvalue weighted by Gasteiger charge is -2.44. The molecular formula is C16H23N3O11. The van der Waals surface area contributed by atoms with Crippen molar-refractivity contribution < 1.29 is 47.7 Å². The van der Waals surface area contributed by atoms with Gasteiger partial charge in [0.25, 0.3) is 0 Å². The number of hydrogen-bond donors (Lipinski definition) is 1. The van der Waals surface area contributed by atoms with Crippen LogP contribution in [0.3, 0.4) is 0 Å². The SMILES string of the molecule is CC(=O)OC[C@H]1O[C@@H](OC(C)=O)[C@@H](NC(=O)N(C)N=O)[C@@H](OC(C)=O)[C@@H]1OC(C)=O. The molecule has 168 valence electrons. The van der Waals surface area contributed by atoms with Crippen molar-refractivity contribution in [1.82, 2.24) is 10.3 Å². The Labute approximate surface area is 171 Å². The van der Waals surface area contributed by atoms with Crippen LogP contribution in [0, 0.1) is 4.91 Å². The number of hydrogen-bond acceptors (Lipinski definition) is 12. The van der Waals surface area contributed by atoms with Crippen LogP contribution in [0.1, 0.15) is 27.7 Å². The van der Waals surface area contributed by atoms with Crippen LogP contribution in [-0.2, 0) is 42.9 Å². The van der Waals surface area contributed by atoms with Gasteiger partial charge in [0.1, 0.15) is 18.8 Å². The number of amides is 2. The molecule has 0 spiro atoms. The first kappa shape index (κ1) is 24.7. The van der Waals surface area contributed by atoms with Crippen molar-refractivity contribution in [2.75, 3.05) is 13.7 Å². The molecule has 1 saturated heterocycles. The van der Waals surface area contributed by atoms with E-state index in [9.17, 15) is 28.9 Å². The minimum atomic E-state index is -1.55. The van der Waals surface area contributed by atoms with Crippen molar-refractivity contribution in [2.45, 2.75) is 58.3 Å². The number of ether oxygens (including phenoxy) is 5. The smallest absolute Gasteiger partial charge is 0.340 e. The molecule has 1 heterocycles. The fourth-order valence-corrected chi connectivity index (χ4v) is 2.59. The summed E-state index contributed by atoms with van der Waals surface area (Å²) in [4.78, 5) is 68.7. The van der Waals surface area contributed by atoms with Gasteiger partial charge in [-0.1, -0.05) is 0 Å². The van der Waals surface area contributed by atoms with Crippen LogP contribution in [0.4, 0.5) is 4.79 Å². The molecule has 0 unspecified atom stereocenters. The van der Waals surface area contributed by atoms with E-state index in [1.54, 1.807) is 0 Å². The number of urea groups is 1. The lowest BCUT2D eigenvalue weighted by atomic mass is 9.96. The molecule has 1 aliphatic rings. The molecule has 14 heteroatoms. The summed E-state index contributed by atoms with van der Waals surface area (Å²) in [6, 6.07) is -2.46. The van der Waals surface area contributed by atoms with Gasteiger partial charge in [-0.2, -0.15) is 5.01 Å². The minimum absolute atomic E-state index is 0.390. The molecule has 0 aromatic rings. The quantitative estimate of drug-likeness (QED) is 0.234. The largest absolute Gasteiger partial charge is 0.463 e. The third-order valence-corrected chi connectivity index (χ3v) is 3.69. The highest BCUT2D eigenvalue weighted by atomic mass is 16.7. The van der Waals surface area contributed by atoms with E-state index in [1.165, 1.54) is 0 Å². The Kier molecular flexibility index (Phi) is 9.11. The van der Waals surface area contributed by atoms with Crippen LogP contribution < -0.4 is 5.32 Å². The molecule has 0 bridgehead atoms. The van der Waals surface area contributed by atoms with E-state index in [1.807, 2.05) is 0 Å². The zero-order valence-electron chi connectivity index (χ0n) is 17.0. The summed E-state index contributed by atoms with van der Waals surface area (Å²) in [5.74, 6) is -3.12. The molecule has 5 atom stereocenters. The maximum absolute atomic E-state index is 12.1. The number of carbonyl (C=O) groups excluding carboxylic acids is 5. The van der Waals surface area contributed by atoms with E-state index in [-0.39, 0.29) is 0 Å². The van der Waals surface area contributed by atoms with Crippen molar-refractivity contribution in [3.8, 4) is 0 Å². The zero-order chi connectivity index (χ0) is 23.0. The third kappa shape index (κ3) is 7.27. The van der Waals surface area contributed by atoms with Crippen LogP contribution in [0.2, 0.25) is 0 Å². The Balaban J connectivity index is 3.37. The third-order valence-electron chi connectivity index (χ3n) is 3.69. The van der Waals surface area contributed by atoms with Gasteiger partial charge in [-0.15, -0.1) is 4.91 Å². The van der Waals surface area contributed by atoms with Crippen molar-refractivity contribution in [3.63, 3.8) is 0 Å². The summed E-state index contributed by atoms with van der Waals surface area (Å²) in [5, 5.41) is 5.10. The van der Waals surface area contributed by atoms with Gasteiger partial charge in [0, 0.05) is 34.7 Å². The highest BCUT2D eigenvalue weighted by molar-refractivity contribution is 5.74. The maximum atomic E-state index is 12.1. The molecule has 0 radical (unpaired) electrons. The Bertz CT molecular complexity index is 698. The fraction of sp³-hybridized carbons (Fsp3) is 0.688. The van der Waals surface area contributed by atoms with Gasteiger partial charge >= 0.3 is 29.9 Å². The second-order valence-corrected chi connectivity index (χ2v) is 6.18. The topological polar surface area (TPSA) is 176 Å². The highest BCUT2D eigenvalue weighted by Gasteiger charge is 2.52. The average molecular weight is 433 g/mol. The van der Waals surface area contributed by atoms with Crippen molar-refractivity contribution >= 4 is 29.9 Å². The van der Waals surface area contributed by atoms with Gasteiger partial charge in [0.2, 0.25) is 6.29 Å². The standard InChI is InChI=1S/C16H23N3O11/c1-7(20)26-6-11-13(27-8(2)21)14(28-9(3)22)12(15(30-11)29-10(4)23)17-16(24)19(5)18-25/h11-15H,6H2,1-5H3,(H,17,24)/t11-,12+,13-,14-,15-/m1/s1. The van der Waals surface area contributed by atoms with Crippen molar-refractivity contribution in [2.24, 2.45) is 5.29 Å². The monoisotopic (exact) mass is 433 g/mol. The molecule has 0 aromatic heterocycles. The van der Waals surface area contributed by atoms with E-state index in [0.29, 0.717) is 5.01 Å². The second-order valence-electron chi connectivity index (χ2n) is 6.18. The average Bonchev–Trinajstić information content (AvgIpc) is 2.62. The van der Waals surface area contributed by atoms with Gasteiger partial charge in [0.15, 0.2) is 12.2 Å². The first-order valence-corrected chi connectivity index (χ1v) is 8.64. The van der Waals surface area contributed by atoms with E-state index in [0.717, 1.165) is 34.7 Å². The van der Waals surface area contributed by atoms with E-state index in [2.05, 4.69) is 10.6 Å². The second kappa shape index (κ2) is 11.0. The predicted molar refractivity (Wildman–Crippen MR) is 94.0 cm³/mol. The summed E-state index contributed by atoms with van der Waals surface area (Å²) in [6.07, 6.45) is -5.57. The lowest BCUT2D eigenvalue weighted by Crippen LogP contribution is -2.67. The van der Waals surface area contributed by atoms with Gasteiger partial charge < -0.3 is 29.0 Å². The number of nitrogens with zero attached hydrogens (tertiary/aromatic N) is 2. The van der Waals surface area contributed by atoms with Crippen LogP contribution in [0.25, 0.3) is 0 Å². The fourth-order valence-electron chi connectivity index (χ4n) is 2.59. The summed E-state index contributed by atoms with van der Waals surface area (Å²) >= 11 is 0. The molecule has 1 aliphatic heterocycles. The lowest BCUT2D eigenvalue weighted by molar-refractivity contribution is -0.270. The van der Waals surface area contributed by atoms with Crippen molar-refractivity contribution in [3.05, 3.63) is 4.91 Å². The zero-order valence-corrected chi connectivity index (χ0v) is 17.0. The number of esters is 4. The van der Waals surface area contributed by atoms with Crippen LogP contribution in [-0.4, -0.2) is 79.2 Å². The van der Waals surface area contributed by atoms with E-state index < -0.39 is 67.2 Å². The highest BCUT2D eigenvalue weighted by Crippen LogP contribution is 2.28.